The Labute approximate surface area is 116 Å². The fourth-order valence-corrected chi connectivity index (χ4v) is 3.00. The summed E-state index contributed by atoms with van der Waals surface area (Å²) in [5, 5.41) is 8.64. The van der Waals surface area contributed by atoms with E-state index in [1.165, 1.54) is 9.21 Å². The van der Waals surface area contributed by atoms with Gasteiger partial charge in [-0.3, -0.25) is 0 Å². The Kier molecular flexibility index (Phi) is 3.92. The van der Waals surface area contributed by atoms with Gasteiger partial charge < -0.3 is 4.90 Å². The maximum Gasteiger partial charge on any atom is 0.211 e. The molecule has 8 heteroatoms. The van der Waals surface area contributed by atoms with Gasteiger partial charge in [0.2, 0.25) is 10.0 Å². The third kappa shape index (κ3) is 2.89. The predicted octanol–water partition coefficient (Wildman–Crippen LogP) is 0.918. The average Bonchev–Trinajstić information content (AvgIpc) is 2.37. The predicted molar refractivity (Wildman–Crippen MR) is 69.7 cm³/mol. The molecule has 2 rings (SSSR count). The number of hydrogen-bond acceptors (Lipinski definition) is 4. The summed E-state index contributed by atoms with van der Waals surface area (Å²) in [6.07, 6.45) is 1.10. The maximum atomic E-state index is 13.8. The van der Waals surface area contributed by atoms with Gasteiger partial charge in [0, 0.05) is 26.2 Å². The Bertz CT molecular complexity index is 639. The van der Waals surface area contributed by atoms with E-state index in [0.717, 1.165) is 18.4 Å². The van der Waals surface area contributed by atoms with E-state index in [9.17, 15) is 17.2 Å². The molecular formula is C12H13F2N3O2S. The van der Waals surface area contributed by atoms with Crippen molar-refractivity contribution >= 4 is 15.7 Å². The number of nitriles is 1. The van der Waals surface area contributed by atoms with Crippen LogP contribution in [0.3, 0.4) is 0 Å². The molecule has 1 aliphatic heterocycles. The molecule has 1 saturated heterocycles. The molecule has 0 spiro atoms. The molecule has 0 bridgehead atoms. The van der Waals surface area contributed by atoms with Crippen LogP contribution in [-0.4, -0.2) is 45.2 Å². The Hall–Kier alpha value is -1.72. The van der Waals surface area contributed by atoms with E-state index in [2.05, 4.69) is 0 Å². The molecule has 108 valence electrons. The summed E-state index contributed by atoms with van der Waals surface area (Å²) in [5.41, 5.74) is -0.296. The molecule has 1 aromatic rings. The van der Waals surface area contributed by atoms with Crippen LogP contribution >= 0.6 is 0 Å². The van der Waals surface area contributed by atoms with Gasteiger partial charge in [-0.2, -0.15) is 9.57 Å². The number of nitrogens with zero attached hydrogens (tertiary/aromatic N) is 3. The van der Waals surface area contributed by atoms with Crippen LogP contribution in [0.5, 0.6) is 0 Å². The van der Waals surface area contributed by atoms with E-state index in [0.29, 0.717) is 0 Å². The van der Waals surface area contributed by atoms with Crippen LogP contribution in [0, 0.1) is 23.0 Å². The smallest absolute Gasteiger partial charge is 0.211 e. The molecule has 0 aromatic heterocycles. The summed E-state index contributed by atoms with van der Waals surface area (Å²) in [6, 6.07) is 3.63. The molecule has 5 nitrogen and oxygen atoms in total. The van der Waals surface area contributed by atoms with E-state index in [4.69, 9.17) is 5.26 Å². The van der Waals surface area contributed by atoms with E-state index < -0.39 is 21.7 Å². The van der Waals surface area contributed by atoms with Gasteiger partial charge in [0.25, 0.3) is 0 Å². The van der Waals surface area contributed by atoms with Crippen LogP contribution in [0.15, 0.2) is 12.1 Å². The fraction of sp³-hybridized carbons (Fsp3) is 0.417. The van der Waals surface area contributed by atoms with E-state index in [-0.39, 0.29) is 37.4 Å². The van der Waals surface area contributed by atoms with Gasteiger partial charge in [-0.25, -0.2) is 17.2 Å². The summed E-state index contributed by atoms with van der Waals surface area (Å²) >= 11 is 0. The summed E-state index contributed by atoms with van der Waals surface area (Å²) in [4.78, 5) is 1.45. The largest absolute Gasteiger partial charge is 0.364 e. The van der Waals surface area contributed by atoms with Crippen LogP contribution in [0.2, 0.25) is 0 Å². The minimum absolute atomic E-state index is 0.0847. The SMILES string of the molecule is CS(=O)(=O)N1CCN(c2c(F)cc(C#N)cc2F)CC1. The average molecular weight is 301 g/mol. The van der Waals surface area contributed by atoms with Gasteiger partial charge in [-0.05, 0) is 12.1 Å². The molecular weight excluding hydrogens is 288 g/mol. The number of piperazine rings is 1. The molecule has 0 atom stereocenters. The molecule has 0 aliphatic carbocycles. The summed E-state index contributed by atoms with van der Waals surface area (Å²) in [7, 11) is -3.29. The molecule has 0 amide bonds. The van der Waals surface area contributed by atoms with Crippen molar-refractivity contribution in [3.05, 3.63) is 29.3 Å². The van der Waals surface area contributed by atoms with Crippen LogP contribution in [0.25, 0.3) is 0 Å². The number of rotatable bonds is 2. The summed E-state index contributed by atoms with van der Waals surface area (Å²) < 4.78 is 51.7. The van der Waals surface area contributed by atoms with Gasteiger partial charge in [0.1, 0.15) is 5.69 Å². The zero-order valence-corrected chi connectivity index (χ0v) is 11.6. The lowest BCUT2D eigenvalue weighted by Gasteiger charge is -2.35. The maximum absolute atomic E-state index is 13.8. The molecule has 1 fully saturated rings. The highest BCUT2D eigenvalue weighted by Gasteiger charge is 2.26. The quantitative estimate of drug-likeness (QED) is 0.815. The fourth-order valence-electron chi connectivity index (χ4n) is 2.18. The molecule has 1 aromatic carbocycles. The monoisotopic (exact) mass is 301 g/mol. The summed E-state index contributed by atoms with van der Waals surface area (Å²) in [6.45, 7) is 0.759. The van der Waals surface area contributed by atoms with Crippen molar-refractivity contribution in [2.45, 2.75) is 0 Å². The molecule has 20 heavy (non-hydrogen) atoms. The van der Waals surface area contributed by atoms with Crippen molar-refractivity contribution in [2.75, 3.05) is 37.3 Å². The number of sulfonamides is 1. The topological polar surface area (TPSA) is 64.4 Å². The minimum Gasteiger partial charge on any atom is -0.364 e. The number of halogens is 2. The molecule has 0 unspecified atom stereocenters. The first-order valence-electron chi connectivity index (χ1n) is 5.92. The van der Waals surface area contributed by atoms with Crippen molar-refractivity contribution in [1.29, 1.82) is 5.26 Å². The minimum atomic E-state index is -3.29. The first-order valence-corrected chi connectivity index (χ1v) is 7.77. The van der Waals surface area contributed by atoms with Crippen molar-refractivity contribution in [3.63, 3.8) is 0 Å². The second kappa shape index (κ2) is 5.34. The number of anilines is 1. The van der Waals surface area contributed by atoms with E-state index >= 15 is 0 Å². The zero-order valence-electron chi connectivity index (χ0n) is 10.8. The molecule has 0 N–H and O–H groups in total. The Morgan fingerprint density at radius 2 is 1.65 bits per heavy atom. The summed E-state index contributed by atoms with van der Waals surface area (Å²) in [5.74, 6) is -1.62. The van der Waals surface area contributed by atoms with Gasteiger partial charge in [-0.15, -0.1) is 0 Å². The normalized spacial score (nSPS) is 17.0. The lowest BCUT2D eigenvalue weighted by Crippen LogP contribution is -2.48. The van der Waals surface area contributed by atoms with Gasteiger partial charge in [-0.1, -0.05) is 0 Å². The molecule has 0 radical (unpaired) electrons. The third-order valence-corrected chi connectivity index (χ3v) is 4.47. The highest BCUT2D eigenvalue weighted by molar-refractivity contribution is 7.88. The Morgan fingerprint density at radius 3 is 2.05 bits per heavy atom. The lowest BCUT2D eigenvalue weighted by molar-refractivity contribution is 0.384. The van der Waals surface area contributed by atoms with Crippen LogP contribution < -0.4 is 4.90 Å². The Morgan fingerprint density at radius 1 is 1.15 bits per heavy atom. The van der Waals surface area contributed by atoms with Crippen LogP contribution in [0.4, 0.5) is 14.5 Å². The van der Waals surface area contributed by atoms with E-state index in [1.807, 2.05) is 0 Å². The van der Waals surface area contributed by atoms with Gasteiger partial charge in [0.05, 0.1) is 17.9 Å². The third-order valence-electron chi connectivity index (χ3n) is 3.17. The van der Waals surface area contributed by atoms with Crippen molar-refractivity contribution < 1.29 is 17.2 Å². The van der Waals surface area contributed by atoms with Crippen molar-refractivity contribution in [2.24, 2.45) is 0 Å². The van der Waals surface area contributed by atoms with Crippen molar-refractivity contribution in [3.8, 4) is 6.07 Å². The molecule has 0 saturated carbocycles. The second-order valence-electron chi connectivity index (χ2n) is 4.55. The van der Waals surface area contributed by atoms with Gasteiger partial charge >= 0.3 is 0 Å². The lowest BCUT2D eigenvalue weighted by atomic mass is 10.1. The molecule has 1 aliphatic rings. The number of benzene rings is 1. The number of hydrogen-bond donors (Lipinski definition) is 0. The standard InChI is InChI=1S/C12H13F2N3O2S/c1-20(18,19)17-4-2-16(3-5-17)12-10(13)6-9(8-15)7-11(12)14/h6-7H,2-5H2,1H3. The highest BCUT2D eigenvalue weighted by atomic mass is 32.2. The van der Waals surface area contributed by atoms with E-state index in [1.54, 1.807) is 6.07 Å². The first-order chi connectivity index (χ1) is 9.32. The first kappa shape index (κ1) is 14.7. The van der Waals surface area contributed by atoms with Crippen molar-refractivity contribution in [1.82, 2.24) is 4.31 Å². The van der Waals surface area contributed by atoms with Crippen LogP contribution in [-0.2, 0) is 10.0 Å². The zero-order chi connectivity index (χ0) is 14.9. The molecule has 1 heterocycles. The Balaban J connectivity index is 2.22. The highest BCUT2D eigenvalue weighted by Crippen LogP contribution is 2.26. The van der Waals surface area contributed by atoms with Gasteiger partial charge in [0.15, 0.2) is 11.6 Å². The van der Waals surface area contributed by atoms with Crippen LogP contribution in [0.1, 0.15) is 5.56 Å². The second-order valence-corrected chi connectivity index (χ2v) is 6.53.